The number of hydrogen-bond acceptors (Lipinski definition) is 2. The summed E-state index contributed by atoms with van der Waals surface area (Å²) in [5.74, 6) is 1.45. The number of carbonyl (C=O) groups excluding carboxylic acids is 2. The van der Waals surface area contributed by atoms with E-state index in [0.717, 1.165) is 24.8 Å². The smallest absolute Gasteiger partial charge is 0.141 e. The van der Waals surface area contributed by atoms with E-state index in [9.17, 15) is 9.59 Å². The second-order valence-corrected chi connectivity index (χ2v) is 6.12. The molecular formula is C17H20O2. The van der Waals surface area contributed by atoms with Crippen LogP contribution in [0.25, 0.3) is 0 Å². The third-order valence-corrected chi connectivity index (χ3v) is 4.98. The molecule has 0 aromatic heterocycles. The molecule has 1 aromatic rings. The van der Waals surface area contributed by atoms with Crippen molar-refractivity contribution in [2.45, 2.75) is 32.6 Å². The van der Waals surface area contributed by atoms with E-state index in [0.29, 0.717) is 18.3 Å². The summed E-state index contributed by atoms with van der Waals surface area (Å²) < 4.78 is 0. The van der Waals surface area contributed by atoms with Gasteiger partial charge < -0.3 is 0 Å². The maximum Gasteiger partial charge on any atom is 0.141 e. The summed E-state index contributed by atoms with van der Waals surface area (Å²) in [4.78, 5) is 24.4. The molecule has 1 aromatic carbocycles. The van der Waals surface area contributed by atoms with Crippen LogP contribution < -0.4 is 0 Å². The molecule has 2 aliphatic rings. The van der Waals surface area contributed by atoms with Crippen LogP contribution in [-0.4, -0.2) is 11.6 Å². The third kappa shape index (κ3) is 2.24. The van der Waals surface area contributed by atoms with Gasteiger partial charge in [0.05, 0.1) is 0 Å². The topological polar surface area (TPSA) is 34.1 Å². The minimum absolute atomic E-state index is 0.00328. The molecule has 0 radical (unpaired) electrons. The number of ketones is 2. The van der Waals surface area contributed by atoms with Crippen LogP contribution in [0.4, 0.5) is 0 Å². The van der Waals surface area contributed by atoms with Crippen LogP contribution in [0.15, 0.2) is 30.3 Å². The summed E-state index contributed by atoms with van der Waals surface area (Å²) in [7, 11) is 0. The summed E-state index contributed by atoms with van der Waals surface area (Å²) >= 11 is 0. The van der Waals surface area contributed by atoms with Crippen LogP contribution in [-0.2, 0) is 16.0 Å². The normalized spacial score (nSPS) is 32.5. The Morgan fingerprint density at radius 2 is 1.68 bits per heavy atom. The van der Waals surface area contributed by atoms with Gasteiger partial charge in [0.1, 0.15) is 11.6 Å². The lowest BCUT2D eigenvalue weighted by Gasteiger charge is -2.28. The lowest BCUT2D eigenvalue weighted by Crippen LogP contribution is -2.34. The fourth-order valence-corrected chi connectivity index (χ4v) is 4.25. The summed E-state index contributed by atoms with van der Waals surface area (Å²) in [5, 5.41) is 0. The highest BCUT2D eigenvalue weighted by Gasteiger charge is 2.51. The van der Waals surface area contributed by atoms with Gasteiger partial charge in [0, 0.05) is 18.3 Å². The molecule has 2 nitrogen and oxygen atoms in total. The Balaban J connectivity index is 1.77. The minimum Gasteiger partial charge on any atom is -0.300 e. The number of hydrogen-bond donors (Lipinski definition) is 0. The second-order valence-electron chi connectivity index (χ2n) is 6.12. The van der Waals surface area contributed by atoms with E-state index in [-0.39, 0.29) is 23.4 Å². The van der Waals surface area contributed by atoms with Crippen LogP contribution in [0, 0.1) is 23.7 Å². The molecule has 4 unspecified atom stereocenters. The van der Waals surface area contributed by atoms with E-state index in [1.807, 2.05) is 30.3 Å². The van der Waals surface area contributed by atoms with E-state index in [1.165, 1.54) is 0 Å². The molecule has 0 spiro atoms. The zero-order valence-corrected chi connectivity index (χ0v) is 11.3. The Hall–Kier alpha value is -1.44. The van der Waals surface area contributed by atoms with Gasteiger partial charge in [0.15, 0.2) is 0 Å². The van der Waals surface area contributed by atoms with E-state index in [2.05, 4.69) is 0 Å². The fraction of sp³-hybridized carbons (Fsp3) is 0.529. The van der Waals surface area contributed by atoms with Crippen molar-refractivity contribution in [1.82, 2.24) is 0 Å². The lowest BCUT2D eigenvalue weighted by molar-refractivity contribution is -0.133. The molecule has 100 valence electrons. The fourth-order valence-electron chi connectivity index (χ4n) is 4.25. The predicted molar refractivity (Wildman–Crippen MR) is 73.6 cm³/mol. The van der Waals surface area contributed by atoms with Crippen LogP contribution in [0.2, 0.25) is 0 Å². The Labute approximate surface area is 114 Å². The first kappa shape index (κ1) is 12.6. The van der Waals surface area contributed by atoms with Gasteiger partial charge in [0.25, 0.3) is 0 Å². The van der Waals surface area contributed by atoms with Crippen LogP contribution in [0.3, 0.4) is 0 Å². The molecule has 2 saturated carbocycles. The van der Waals surface area contributed by atoms with Gasteiger partial charge in [-0.3, -0.25) is 9.59 Å². The van der Waals surface area contributed by atoms with Crippen molar-refractivity contribution < 1.29 is 9.59 Å². The zero-order valence-electron chi connectivity index (χ0n) is 11.3. The van der Waals surface area contributed by atoms with Crippen molar-refractivity contribution in [3.63, 3.8) is 0 Å². The predicted octanol–water partition coefficient (Wildman–Crippen LogP) is 3.05. The summed E-state index contributed by atoms with van der Waals surface area (Å²) in [6.07, 6.45) is 3.86. The van der Waals surface area contributed by atoms with Gasteiger partial charge in [-0.25, -0.2) is 0 Å². The van der Waals surface area contributed by atoms with Crippen molar-refractivity contribution >= 4 is 11.6 Å². The molecule has 0 aliphatic heterocycles. The van der Waals surface area contributed by atoms with E-state index in [4.69, 9.17) is 0 Å². The molecular weight excluding hydrogens is 236 g/mol. The van der Waals surface area contributed by atoms with Crippen molar-refractivity contribution in [2.75, 3.05) is 0 Å². The maximum absolute atomic E-state index is 12.6. The van der Waals surface area contributed by atoms with E-state index >= 15 is 0 Å². The van der Waals surface area contributed by atoms with Gasteiger partial charge in [-0.2, -0.15) is 0 Å². The van der Waals surface area contributed by atoms with Crippen molar-refractivity contribution in [3.8, 4) is 0 Å². The molecule has 2 fully saturated rings. The van der Waals surface area contributed by atoms with Gasteiger partial charge in [0.2, 0.25) is 0 Å². The standard InChI is InChI=1S/C17H20O2/c1-11(18)16-13-7-8-14(10-13)17(16)15(19)9-12-5-3-2-4-6-12/h2-6,13-14,16-17H,7-10H2,1H3. The quantitative estimate of drug-likeness (QED) is 0.829. The zero-order chi connectivity index (χ0) is 13.4. The third-order valence-electron chi connectivity index (χ3n) is 4.98. The monoisotopic (exact) mass is 256 g/mol. The van der Waals surface area contributed by atoms with Gasteiger partial charge in [-0.1, -0.05) is 30.3 Å². The highest BCUT2D eigenvalue weighted by atomic mass is 16.1. The molecule has 19 heavy (non-hydrogen) atoms. The van der Waals surface area contributed by atoms with Gasteiger partial charge in [-0.05, 0) is 43.6 Å². The molecule has 2 aliphatic carbocycles. The number of carbonyl (C=O) groups is 2. The summed E-state index contributed by atoms with van der Waals surface area (Å²) in [6, 6.07) is 9.88. The van der Waals surface area contributed by atoms with E-state index in [1.54, 1.807) is 6.92 Å². The summed E-state index contributed by atoms with van der Waals surface area (Å²) in [5.41, 5.74) is 1.07. The van der Waals surface area contributed by atoms with Crippen molar-refractivity contribution in [3.05, 3.63) is 35.9 Å². The minimum atomic E-state index is -0.00328. The molecule has 4 atom stereocenters. The Bertz CT molecular complexity index is 491. The first-order valence-corrected chi connectivity index (χ1v) is 7.24. The van der Waals surface area contributed by atoms with Crippen molar-refractivity contribution in [2.24, 2.45) is 23.7 Å². The lowest BCUT2D eigenvalue weighted by atomic mass is 9.74. The Kier molecular flexibility index (Phi) is 3.26. The highest BCUT2D eigenvalue weighted by molar-refractivity contribution is 5.91. The summed E-state index contributed by atoms with van der Waals surface area (Å²) in [6.45, 7) is 1.66. The van der Waals surface area contributed by atoms with Gasteiger partial charge >= 0.3 is 0 Å². The van der Waals surface area contributed by atoms with Crippen molar-refractivity contribution in [1.29, 1.82) is 0 Å². The molecule has 2 heteroatoms. The highest BCUT2D eigenvalue weighted by Crippen LogP contribution is 2.53. The van der Waals surface area contributed by atoms with E-state index < -0.39 is 0 Å². The Morgan fingerprint density at radius 1 is 1.05 bits per heavy atom. The maximum atomic E-state index is 12.6. The van der Waals surface area contributed by atoms with Crippen LogP contribution in [0.5, 0.6) is 0 Å². The largest absolute Gasteiger partial charge is 0.300 e. The first-order chi connectivity index (χ1) is 9.16. The average Bonchev–Trinajstić information content (AvgIpc) is 2.99. The Morgan fingerprint density at radius 3 is 2.32 bits per heavy atom. The molecule has 0 saturated heterocycles. The average molecular weight is 256 g/mol. The molecule has 0 amide bonds. The van der Waals surface area contributed by atoms with Gasteiger partial charge in [-0.15, -0.1) is 0 Å². The first-order valence-electron chi connectivity index (χ1n) is 7.24. The SMILES string of the molecule is CC(=O)C1C2CCC(C2)C1C(=O)Cc1ccccc1. The molecule has 0 heterocycles. The molecule has 3 rings (SSSR count). The molecule has 2 bridgehead atoms. The second kappa shape index (κ2) is 4.92. The van der Waals surface area contributed by atoms with Crippen LogP contribution in [0.1, 0.15) is 31.7 Å². The number of rotatable bonds is 4. The van der Waals surface area contributed by atoms with Crippen LogP contribution >= 0.6 is 0 Å². The number of benzene rings is 1. The molecule has 0 N–H and O–H groups in total. The number of fused-ring (bicyclic) bond motifs is 2. The number of Topliss-reactive ketones (excluding diaryl/α,β-unsaturated/α-hetero) is 2.